The Kier molecular flexibility index (Phi) is 2.73. The second kappa shape index (κ2) is 4.53. The van der Waals surface area contributed by atoms with Gasteiger partial charge >= 0.3 is 0 Å². The molecule has 2 aromatic rings. The van der Waals surface area contributed by atoms with Crippen LogP contribution in [-0.4, -0.2) is 7.11 Å². The zero-order valence-corrected chi connectivity index (χ0v) is 10.3. The summed E-state index contributed by atoms with van der Waals surface area (Å²) in [5.74, 6) is 0.905. The lowest BCUT2D eigenvalue weighted by Crippen LogP contribution is -1.87. The van der Waals surface area contributed by atoms with Crippen LogP contribution in [0.4, 0.5) is 0 Å². The van der Waals surface area contributed by atoms with Crippen LogP contribution in [0.2, 0.25) is 0 Å². The summed E-state index contributed by atoms with van der Waals surface area (Å²) in [6.45, 7) is 0. The summed E-state index contributed by atoms with van der Waals surface area (Å²) in [4.78, 5) is 0. The fraction of sp³-hybridized carbons (Fsp3) is 0.0588. The standard InChI is InChI=1S/C17H14O/c1-18-17-9-5-3-7-15(17)12-14-11-10-13-6-2-4-8-16(13)14/h2-12H,1H3/b14-12-. The first-order chi connectivity index (χ1) is 8.88. The number of methoxy groups -OCH3 is 1. The summed E-state index contributed by atoms with van der Waals surface area (Å²) in [5, 5.41) is 0. The Bertz CT molecular complexity index is 636. The topological polar surface area (TPSA) is 9.23 Å². The van der Waals surface area contributed by atoms with E-state index in [9.17, 15) is 0 Å². The van der Waals surface area contributed by atoms with Gasteiger partial charge in [0, 0.05) is 5.56 Å². The van der Waals surface area contributed by atoms with Crippen molar-refractivity contribution in [3.05, 3.63) is 71.3 Å². The normalized spacial score (nSPS) is 14.8. The fourth-order valence-corrected chi connectivity index (χ4v) is 2.25. The maximum absolute atomic E-state index is 5.37. The van der Waals surface area contributed by atoms with Crippen molar-refractivity contribution in [1.82, 2.24) is 0 Å². The highest BCUT2D eigenvalue weighted by atomic mass is 16.5. The van der Waals surface area contributed by atoms with Crippen LogP contribution >= 0.6 is 0 Å². The van der Waals surface area contributed by atoms with Crippen molar-refractivity contribution in [2.75, 3.05) is 7.11 Å². The quantitative estimate of drug-likeness (QED) is 0.754. The first-order valence-corrected chi connectivity index (χ1v) is 6.01. The molecule has 0 radical (unpaired) electrons. The van der Waals surface area contributed by atoms with Gasteiger partial charge in [-0.25, -0.2) is 0 Å². The molecule has 0 fully saturated rings. The van der Waals surface area contributed by atoms with E-state index in [0.29, 0.717) is 0 Å². The molecule has 18 heavy (non-hydrogen) atoms. The van der Waals surface area contributed by atoms with E-state index in [1.165, 1.54) is 16.7 Å². The van der Waals surface area contributed by atoms with Gasteiger partial charge in [0.15, 0.2) is 0 Å². The molecule has 0 N–H and O–H groups in total. The van der Waals surface area contributed by atoms with E-state index in [1.807, 2.05) is 18.2 Å². The lowest BCUT2D eigenvalue weighted by molar-refractivity contribution is 0.414. The first-order valence-electron chi connectivity index (χ1n) is 6.01. The van der Waals surface area contributed by atoms with E-state index >= 15 is 0 Å². The molecule has 0 atom stereocenters. The van der Waals surface area contributed by atoms with E-state index in [2.05, 4.69) is 48.6 Å². The molecule has 3 rings (SSSR count). The highest BCUT2D eigenvalue weighted by Crippen LogP contribution is 2.32. The van der Waals surface area contributed by atoms with Crippen LogP contribution in [0.15, 0.2) is 54.6 Å². The molecule has 0 saturated heterocycles. The molecule has 2 aromatic carbocycles. The van der Waals surface area contributed by atoms with Crippen LogP contribution in [0, 0.1) is 0 Å². The number of hydrogen-bond donors (Lipinski definition) is 0. The second-order valence-electron chi connectivity index (χ2n) is 4.26. The number of hydrogen-bond acceptors (Lipinski definition) is 1. The average molecular weight is 234 g/mol. The number of fused-ring (bicyclic) bond motifs is 1. The van der Waals surface area contributed by atoms with Crippen LogP contribution in [0.3, 0.4) is 0 Å². The molecule has 1 heteroatoms. The van der Waals surface area contributed by atoms with Crippen molar-refractivity contribution < 1.29 is 4.74 Å². The third kappa shape index (κ3) is 1.84. The second-order valence-corrected chi connectivity index (χ2v) is 4.26. The Morgan fingerprint density at radius 1 is 0.889 bits per heavy atom. The van der Waals surface area contributed by atoms with E-state index in [-0.39, 0.29) is 0 Å². The summed E-state index contributed by atoms with van der Waals surface area (Å²) in [7, 11) is 1.70. The van der Waals surface area contributed by atoms with E-state index in [1.54, 1.807) is 7.11 Å². The van der Waals surface area contributed by atoms with E-state index in [0.717, 1.165) is 11.3 Å². The molecule has 0 saturated carbocycles. The maximum atomic E-state index is 5.37. The van der Waals surface area contributed by atoms with Crippen LogP contribution in [0.1, 0.15) is 16.7 Å². The molecule has 1 nitrogen and oxygen atoms in total. The summed E-state index contributed by atoms with van der Waals surface area (Å²) in [6, 6.07) is 16.5. The smallest absolute Gasteiger partial charge is 0.126 e. The third-order valence-electron chi connectivity index (χ3n) is 3.16. The van der Waals surface area contributed by atoms with Gasteiger partial charge in [-0.1, -0.05) is 54.6 Å². The molecule has 0 aliphatic heterocycles. The Labute approximate surface area is 107 Å². The molecule has 0 unspecified atom stereocenters. The lowest BCUT2D eigenvalue weighted by atomic mass is 10.0. The predicted molar refractivity (Wildman–Crippen MR) is 76.3 cm³/mol. The van der Waals surface area contributed by atoms with Crippen LogP contribution < -0.4 is 4.74 Å². The zero-order chi connectivity index (χ0) is 12.4. The van der Waals surface area contributed by atoms with Gasteiger partial charge in [-0.2, -0.15) is 0 Å². The van der Waals surface area contributed by atoms with Crippen molar-refractivity contribution in [3.8, 4) is 5.75 Å². The number of ether oxygens (including phenoxy) is 1. The summed E-state index contributed by atoms with van der Waals surface area (Å²) in [6.07, 6.45) is 6.47. The third-order valence-corrected chi connectivity index (χ3v) is 3.16. The van der Waals surface area contributed by atoms with Crippen molar-refractivity contribution in [1.29, 1.82) is 0 Å². The Balaban J connectivity index is 2.07. The monoisotopic (exact) mass is 234 g/mol. The van der Waals surface area contributed by atoms with Gasteiger partial charge in [0.2, 0.25) is 0 Å². The van der Waals surface area contributed by atoms with Gasteiger partial charge in [-0.3, -0.25) is 0 Å². The Hall–Kier alpha value is -2.28. The van der Waals surface area contributed by atoms with Crippen molar-refractivity contribution >= 4 is 17.7 Å². The molecule has 0 heterocycles. The van der Waals surface area contributed by atoms with Gasteiger partial charge in [-0.05, 0) is 28.8 Å². The van der Waals surface area contributed by atoms with Crippen LogP contribution in [-0.2, 0) is 0 Å². The van der Waals surface area contributed by atoms with Gasteiger partial charge in [0.25, 0.3) is 0 Å². The molecule has 0 bridgehead atoms. The van der Waals surface area contributed by atoms with Gasteiger partial charge in [-0.15, -0.1) is 0 Å². The van der Waals surface area contributed by atoms with Crippen molar-refractivity contribution in [2.45, 2.75) is 0 Å². The molecular weight excluding hydrogens is 220 g/mol. The van der Waals surface area contributed by atoms with E-state index in [4.69, 9.17) is 4.74 Å². The van der Waals surface area contributed by atoms with Crippen molar-refractivity contribution in [3.63, 3.8) is 0 Å². The first kappa shape index (κ1) is 10.8. The van der Waals surface area contributed by atoms with Crippen LogP contribution in [0.5, 0.6) is 5.75 Å². The number of benzene rings is 2. The molecule has 1 aliphatic rings. The van der Waals surface area contributed by atoms with Gasteiger partial charge in [0.1, 0.15) is 5.75 Å². The van der Waals surface area contributed by atoms with Crippen LogP contribution in [0.25, 0.3) is 17.7 Å². The van der Waals surface area contributed by atoms with E-state index < -0.39 is 0 Å². The average Bonchev–Trinajstić information content (AvgIpc) is 2.83. The predicted octanol–water partition coefficient (Wildman–Crippen LogP) is 4.26. The largest absolute Gasteiger partial charge is 0.496 e. The van der Waals surface area contributed by atoms with Gasteiger partial charge in [0.05, 0.1) is 7.11 Å². The number of allylic oxidation sites excluding steroid dienone is 2. The highest BCUT2D eigenvalue weighted by molar-refractivity contribution is 5.98. The molecular formula is C17H14O. The lowest BCUT2D eigenvalue weighted by Gasteiger charge is -2.05. The molecule has 0 amide bonds. The number of para-hydroxylation sites is 1. The van der Waals surface area contributed by atoms with Crippen molar-refractivity contribution in [2.24, 2.45) is 0 Å². The molecule has 0 aromatic heterocycles. The number of rotatable bonds is 2. The summed E-state index contributed by atoms with van der Waals surface area (Å²) >= 11 is 0. The minimum atomic E-state index is 0.905. The van der Waals surface area contributed by atoms with Gasteiger partial charge < -0.3 is 4.74 Å². The zero-order valence-electron chi connectivity index (χ0n) is 10.3. The minimum Gasteiger partial charge on any atom is -0.496 e. The Morgan fingerprint density at radius 3 is 2.56 bits per heavy atom. The fourth-order valence-electron chi connectivity index (χ4n) is 2.25. The summed E-state index contributed by atoms with van der Waals surface area (Å²) in [5.41, 5.74) is 4.90. The Morgan fingerprint density at radius 2 is 1.67 bits per heavy atom. The minimum absolute atomic E-state index is 0.905. The molecule has 0 spiro atoms. The molecule has 88 valence electrons. The SMILES string of the molecule is COc1ccccc1/C=C1/C=Cc2ccccc21. The molecule has 1 aliphatic carbocycles. The highest BCUT2D eigenvalue weighted by Gasteiger charge is 2.10. The maximum Gasteiger partial charge on any atom is 0.126 e. The summed E-state index contributed by atoms with van der Waals surface area (Å²) < 4.78 is 5.37.